The van der Waals surface area contributed by atoms with E-state index in [1.54, 1.807) is 27.7 Å². The van der Waals surface area contributed by atoms with Gasteiger partial charge in [-0.2, -0.15) is 0 Å². The standard InChI is InChI=1S/C31H48N2O5/c1-18(2)26(32-28(36)37-29(4,5)6)27(35)38-33-21-13-15-30(7)20(17-21)9-10-22-24-12-11-23(19(3)34)31(24,8)16-14-25(22)30/h13,17-18,22-26,33H,9-12,14-16H2,1-8H3,(H,32,36)/t22-,23+,24-,25-,26-,30-,31+/m0/s1. The number of allylic oxidation sites excluding steroid dienone is 3. The first-order chi connectivity index (χ1) is 17.7. The topological polar surface area (TPSA) is 93.7 Å². The number of carbonyl (C=O) groups is 3. The minimum Gasteiger partial charge on any atom is -0.444 e. The Morgan fingerprint density at radius 1 is 1.05 bits per heavy atom. The summed E-state index contributed by atoms with van der Waals surface area (Å²) < 4.78 is 5.31. The first kappa shape index (κ1) is 28.7. The van der Waals surface area contributed by atoms with Gasteiger partial charge in [0.25, 0.3) is 0 Å². The number of nitrogens with one attached hydrogen (secondary N) is 2. The molecule has 0 aromatic heterocycles. The minimum atomic E-state index is -0.823. The number of fused-ring (bicyclic) bond motifs is 5. The van der Waals surface area contributed by atoms with Crippen LogP contribution in [-0.4, -0.2) is 29.5 Å². The smallest absolute Gasteiger partial charge is 0.408 e. The number of hydroxylamine groups is 1. The number of amides is 1. The molecule has 7 nitrogen and oxygen atoms in total. The molecule has 4 aliphatic rings. The average molecular weight is 529 g/mol. The van der Waals surface area contributed by atoms with Gasteiger partial charge in [0, 0.05) is 5.92 Å². The Labute approximate surface area is 228 Å². The van der Waals surface area contributed by atoms with Gasteiger partial charge in [-0.15, -0.1) is 0 Å². The Bertz CT molecular complexity index is 1020. The highest BCUT2D eigenvalue weighted by molar-refractivity contribution is 5.81. The molecule has 7 heteroatoms. The molecule has 0 aromatic carbocycles. The molecule has 4 rings (SSSR count). The molecule has 212 valence electrons. The van der Waals surface area contributed by atoms with Crippen molar-refractivity contribution in [1.29, 1.82) is 0 Å². The quantitative estimate of drug-likeness (QED) is 0.396. The molecule has 1 amide bonds. The van der Waals surface area contributed by atoms with E-state index in [4.69, 9.17) is 9.57 Å². The highest BCUT2D eigenvalue weighted by Crippen LogP contribution is 2.66. The molecule has 0 heterocycles. The molecular formula is C31H48N2O5. The largest absolute Gasteiger partial charge is 0.444 e. The van der Waals surface area contributed by atoms with Crippen molar-refractivity contribution < 1.29 is 24.0 Å². The Morgan fingerprint density at radius 2 is 1.76 bits per heavy atom. The van der Waals surface area contributed by atoms with Crippen molar-refractivity contribution in [2.45, 2.75) is 112 Å². The van der Waals surface area contributed by atoms with E-state index in [0.717, 1.165) is 31.4 Å². The molecular weight excluding hydrogens is 480 g/mol. The summed E-state index contributed by atoms with van der Waals surface area (Å²) in [6, 6.07) is -0.823. The highest BCUT2D eigenvalue weighted by atomic mass is 16.7. The zero-order chi connectivity index (χ0) is 28.0. The molecule has 0 bridgehead atoms. The molecule has 0 spiro atoms. The molecule has 4 aliphatic carbocycles. The van der Waals surface area contributed by atoms with Crippen LogP contribution in [0.3, 0.4) is 0 Å². The van der Waals surface area contributed by atoms with Crippen molar-refractivity contribution in [3.05, 3.63) is 23.4 Å². The zero-order valence-electron chi connectivity index (χ0n) is 24.6. The molecule has 38 heavy (non-hydrogen) atoms. The molecule has 7 atom stereocenters. The molecule has 0 aliphatic heterocycles. The lowest BCUT2D eigenvalue weighted by Gasteiger charge is -2.57. The lowest BCUT2D eigenvalue weighted by Crippen LogP contribution is -2.50. The van der Waals surface area contributed by atoms with Gasteiger partial charge in [-0.3, -0.25) is 4.79 Å². The van der Waals surface area contributed by atoms with Gasteiger partial charge in [0.05, 0.1) is 5.70 Å². The van der Waals surface area contributed by atoms with E-state index in [1.807, 2.05) is 13.8 Å². The van der Waals surface area contributed by atoms with Crippen molar-refractivity contribution in [3.8, 4) is 0 Å². The van der Waals surface area contributed by atoms with Gasteiger partial charge < -0.3 is 14.9 Å². The van der Waals surface area contributed by atoms with Crippen LogP contribution in [0, 0.1) is 40.4 Å². The first-order valence-corrected chi connectivity index (χ1v) is 14.5. The Kier molecular flexibility index (Phi) is 7.81. The van der Waals surface area contributed by atoms with Gasteiger partial charge in [0.1, 0.15) is 17.4 Å². The van der Waals surface area contributed by atoms with E-state index < -0.39 is 23.7 Å². The van der Waals surface area contributed by atoms with Crippen molar-refractivity contribution in [2.75, 3.05) is 0 Å². The highest BCUT2D eigenvalue weighted by Gasteiger charge is 2.59. The molecule has 0 radical (unpaired) electrons. The van der Waals surface area contributed by atoms with Gasteiger partial charge in [0.2, 0.25) is 0 Å². The van der Waals surface area contributed by atoms with E-state index in [9.17, 15) is 14.4 Å². The van der Waals surface area contributed by atoms with Crippen LogP contribution < -0.4 is 10.8 Å². The number of ether oxygens (including phenoxy) is 1. The summed E-state index contributed by atoms with van der Waals surface area (Å²) >= 11 is 0. The molecule has 3 saturated carbocycles. The number of hydrogen-bond acceptors (Lipinski definition) is 6. The summed E-state index contributed by atoms with van der Waals surface area (Å²) in [5, 5.41) is 2.64. The Balaban J connectivity index is 1.39. The van der Waals surface area contributed by atoms with E-state index in [1.165, 1.54) is 24.8 Å². The molecule has 0 unspecified atom stereocenters. The van der Waals surface area contributed by atoms with Crippen LogP contribution in [0.5, 0.6) is 0 Å². The summed E-state index contributed by atoms with van der Waals surface area (Å²) in [5.74, 6) is 1.83. The fraction of sp³-hybridized carbons (Fsp3) is 0.774. The van der Waals surface area contributed by atoms with E-state index >= 15 is 0 Å². The van der Waals surface area contributed by atoms with Crippen LogP contribution in [0.15, 0.2) is 23.4 Å². The number of alkyl carbamates (subject to hydrolysis) is 1. The molecule has 2 N–H and O–H groups in total. The molecule has 0 saturated heterocycles. The summed E-state index contributed by atoms with van der Waals surface area (Å²) in [5.41, 5.74) is 4.70. The maximum absolute atomic E-state index is 12.8. The summed E-state index contributed by atoms with van der Waals surface area (Å²) in [7, 11) is 0. The minimum absolute atomic E-state index is 0.104. The fourth-order valence-corrected chi connectivity index (χ4v) is 8.26. The lowest BCUT2D eigenvalue weighted by atomic mass is 9.47. The number of ketones is 1. The number of hydrogen-bond donors (Lipinski definition) is 2. The maximum atomic E-state index is 12.8. The van der Waals surface area contributed by atoms with Crippen molar-refractivity contribution in [3.63, 3.8) is 0 Å². The molecule has 3 fully saturated rings. The third-order valence-corrected chi connectivity index (χ3v) is 10.2. The van der Waals surface area contributed by atoms with Gasteiger partial charge in [-0.05, 0) is 113 Å². The van der Waals surface area contributed by atoms with Gasteiger partial charge in [-0.25, -0.2) is 15.1 Å². The SMILES string of the molecule is CC(=O)[C@H]1CC[C@H]2[C@@H]3CCC4=CC(NOC(=O)[C@@H](NC(=O)OC(C)(C)C)C(C)C)=CC[C@]4(C)[C@H]3CC[C@]12C. The van der Waals surface area contributed by atoms with Crippen LogP contribution >= 0.6 is 0 Å². The number of carbonyl (C=O) groups excluding carboxylic acids is 3. The van der Waals surface area contributed by atoms with Crippen molar-refractivity contribution >= 4 is 17.8 Å². The Morgan fingerprint density at radius 3 is 2.39 bits per heavy atom. The third kappa shape index (κ3) is 5.40. The Hall–Kier alpha value is -2.31. The number of rotatable bonds is 6. The normalized spacial score (nSPS) is 35.1. The predicted molar refractivity (Wildman–Crippen MR) is 147 cm³/mol. The summed E-state index contributed by atoms with van der Waals surface area (Å²) in [6.07, 6.45) is 11.3. The molecule has 0 aromatic rings. The summed E-state index contributed by atoms with van der Waals surface area (Å²) in [4.78, 5) is 42.9. The fourth-order valence-electron chi connectivity index (χ4n) is 8.26. The van der Waals surface area contributed by atoms with Crippen LogP contribution in [0.25, 0.3) is 0 Å². The van der Waals surface area contributed by atoms with Crippen LogP contribution in [0.1, 0.15) is 100 Å². The second-order valence-corrected chi connectivity index (χ2v) is 14.0. The third-order valence-electron chi connectivity index (χ3n) is 10.2. The first-order valence-electron chi connectivity index (χ1n) is 14.5. The van der Waals surface area contributed by atoms with E-state index in [-0.39, 0.29) is 22.7 Å². The summed E-state index contributed by atoms with van der Waals surface area (Å²) in [6.45, 7) is 15.6. The van der Waals surface area contributed by atoms with Crippen LogP contribution in [-0.2, 0) is 19.2 Å². The maximum Gasteiger partial charge on any atom is 0.408 e. The van der Waals surface area contributed by atoms with Gasteiger partial charge in [-0.1, -0.05) is 39.3 Å². The zero-order valence-corrected chi connectivity index (χ0v) is 24.6. The second kappa shape index (κ2) is 10.3. The predicted octanol–water partition coefficient (Wildman–Crippen LogP) is 6.25. The van der Waals surface area contributed by atoms with E-state index in [0.29, 0.717) is 23.5 Å². The monoisotopic (exact) mass is 528 g/mol. The van der Waals surface area contributed by atoms with Crippen LogP contribution in [0.2, 0.25) is 0 Å². The second-order valence-electron chi connectivity index (χ2n) is 14.0. The van der Waals surface area contributed by atoms with Gasteiger partial charge in [0.15, 0.2) is 0 Å². The average Bonchev–Trinajstić information content (AvgIpc) is 3.17. The van der Waals surface area contributed by atoms with Crippen molar-refractivity contribution in [1.82, 2.24) is 10.8 Å². The van der Waals surface area contributed by atoms with Crippen LogP contribution in [0.4, 0.5) is 4.79 Å². The van der Waals surface area contributed by atoms with Crippen molar-refractivity contribution in [2.24, 2.45) is 40.4 Å². The van der Waals surface area contributed by atoms with Gasteiger partial charge >= 0.3 is 12.1 Å². The van der Waals surface area contributed by atoms with E-state index in [2.05, 4.69) is 36.8 Å². The number of Topliss-reactive ketones (excluding diaryl/α,β-unsaturated/α-hetero) is 1. The lowest BCUT2D eigenvalue weighted by molar-refractivity contribution is -0.153.